The summed E-state index contributed by atoms with van der Waals surface area (Å²) in [5.74, 6) is -0.851. The number of benzene rings is 2. The minimum atomic E-state index is -3.85. The van der Waals surface area contributed by atoms with Gasteiger partial charge in [0.1, 0.15) is 16.8 Å². The fourth-order valence-corrected chi connectivity index (χ4v) is 4.68. The molecule has 0 saturated carbocycles. The lowest BCUT2D eigenvalue weighted by Crippen LogP contribution is -2.42. The molecule has 1 atom stereocenters. The quantitative estimate of drug-likeness (QED) is 0.478. The normalized spacial score (nSPS) is 12.0. The highest BCUT2D eigenvalue weighted by Gasteiger charge is 2.32. The summed E-state index contributed by atoms with van der Waals surface area (Å²) < 4.78 is 36.5. The summed E-state index contributed by atoms with van der Waals surface area (Å²) in [7, 11) is -2.28. The number of amides is 2. The first-order valence-electron chi connectivity index (χ1n) is 9.93. The maximum Gasteiger partial charge on any atom is 0.309 e. The van der Waals surface area contributed by atoms with Crippen LogP contribution >= 0.6 is 0 Å². The molecule has 0 aliphatic carbocycles. The van der Waals surface area contributed by atoms with E-state index < -0.39 is 26.9 Å². The molecule has 0 aliphatic rings. The van der Waals surface area contributed by atoms with E-state index in [9.17, 15) is 18.0 Å². The Labute approximate surface area is 186 Å². The van der Waals surface area contributed by atoms with E-state index in [0.717, 1.165) is 11.3 Å². The van der Waals surface area contributed by atoms with Gasteiger partial charge in [-0.1, -0.05) is 30.3 Å². The van der Waals surface area contributed by atoms with E-state index in [1.807, 2.05) is 24.3 Å². The van der Waals surface area contributed by atoms with Gasteiger partial charge in [0.2, 0.25) is 0 Å². The Hall–Kier alpha value is -3.59. The van der Waals surface area contributed by atoms with E-state index in [4.69, 9.17) is 9.15 Å². The lowest BCUT2D eigenvalue weighted by molar-refractivity contribution is -0.139. The van der Waals surface area contributed by atoms with Crippen LogP contribution in [-0.2, 0) is 25.8 Å². The van der Waals surface area contributed by atoms with Crippen LogP contribution in [0.4, 0.5) is 0 Å². The van der Waals surface area contributed by atoms with E-state index in [0.29, 0.717) is 6.42 Å². The molecule has 0 saturated heterocycles. The zero-order valence-corrected chi connectivity index (χ0v) is 18.3. The molecular formula is C23H24N2O6S. The summed E-state index contributed by atoms with van der Waals surface area (Å²) in [5.41, 5.74) is 0.971. The lowest BCUT2D eigenvalue weighted by Gasteiger charge is -2.16. The molecule has 0 spiro atoms. The molecule has 2 aromatic carbocycles. The number of furan rings is 1. The van der Waals surface area contributed by atoms with Gasteiger partial charge >= 0.3 is 11.8 Å². The Balaban J connectivity index is 1.58. The largest absolute Gasteiger partial charge is 0.497 e. The minimum Gasteiger partial charge on any atom is -0.497 e. The number of sulfone groups is 1. The molecule has 0 bridgehead atoms. The van der Waals surface area contributed by atoms with Crippen LogP contribution in [0, 0.1) is 0 Å². The maximum atomic E-state index is 13.1. The highest BCUT2D eigenvalue weighted by Crippen LogP contribution is 2.28. The molecule has 1 unspecified atom stereocenters. The monoisotopic (exact) mass is 456 g/mol. The van der Waals surface area contributed by atoms with Gasteiger partial charge in [0.05, 0.1) is 18.3 Å². The molecule has 8 nitrogen and oxygen atoms in total. The number of rotatable bonds is 9. The molecule has 0 radical (unpaired) electrons. The Morgan fingerprint density at radius 3 is 2.25 bits per heavy atom. The van der Waals surface area contributed by atoms with Crippen molar-refractivity contribution in [3.05, 3.63) is 84.3 Å². The predicted molar refractivity (Wildman–Crippen MR) is 118 cm³/mol. The van der Waals surface area contributed by atoms with Gasteiger partial charge in [0.15, 0.2) is 9.84 Å². The lowest BCUT2D eigenvalue weighted by atomic mass is 10.1. The fourth-order valence-electron chi connectivity index (χ4n) is 3.07. The van der Waals surface area contributed by atoms with Gasteiger partial charge in [-0.2, -0.15) is 0 Å². The third kappa shape index (κ3) is 5.76. The molecule has 2 N–H and O–H groups in total. The highest BCUT2D eigenvalue weighted by molar-refractivity contribution is 7.91. The van der Waals surface area contributed by atoms with Gasteiger partial charge in [-0.3, -0.25) is 9.59 Å². The van der Waals surface area contributed by atoms with E-state index in [1.165, 1.54) is 24.5 Å². The van der Waals surface area contributed by atoms with Gasteiger partial charge in [-0.05, 0) is 48.4 Å². The second-order valence-corrected chi connectivity index (χ2v) is 9.06. The Morgan fingerprint density at radius 1 is 0.938 bits per heavy atom. The van der Waals surface area contributed by atoms with Gasteiger partial charge in [0.25, 0.3) is 0 Å². The number of ether oxygens (including phenoxy) is 1. The average Bonchev–Trinajstić information content (AvgIpc) is 3.34. The van der Waals surface area contributed by atoms with Gasteiger partial charge < -0.3 is 19.8 Å². The standard InChI is InChI=1S/C23H24N2O6S/c1-30-18-11-9-17(10-12-18)13-14-24-22(26)23(27)25-16-21(20-8-5-15-31-20)32(28,29)19-6-3-2-4-7-19/h2-12,15,21H,13-14,16H2,1H3,(H,24,26)(H,25,27). The topological polar surface area (TPSA) is 115 Å². The number of hydrogen-bond donors (Lipinski definition) is 2. The van der Waals surface area contributed by atoms with E-state index in [2.05, 4.69) is 10.6 Å². The first-order valence-corrected chi connectivity index (χ1v) is 11.5. The molecule has 1 aromatic heterocycles. The van der Waals surface area contributed by atoms with Crippen molar-refractivity contribution in [2.45, 2.75) is 16.6 Å². The minimum absolute atomic E-state index is 0.0968. The van der Waals surface area contributed by atoms with Gasteiger partial charge in [-0.15, -0.1) is 0 Å². The van der Waals surface area contributed by atoms with Crippen LogP contribution in [0.25, 0.3) is 0 Å². The zero-order valence-electron chi connectivity index (χ0n) is 17.5. The molecule has 168 valence electrons. The summed E-state index contributed by atoms with van der Waals surface area (Å²) >= 11 is 0. The third-order valence-electron chi connectivity index (χ3n) is 4.82. The Bertz CT molecular complexity index is 1130. The SMILES string of the molecule is COc1ccc(CCNC(=O)C(=O)NCC(c2ccco2)S(=O)(=O)c2ccccc2)cc1. The fraction of sp³-hybridized carbons (Fsp3) is 0.217. The number of nitrogens with one attached hydrogen (secondary N) is 2. The molecule has 0 fully saturated rings. The first-order chi connectivity index (χ1) is 15.4. The van der Waals surface area contributed by atoms with Crippen LogP contribution in [0.1, 0.15) is 16.6 Å². The van der Waals surface area contributed by atoms with Crippen LogP contribution in [0.5, 0.6) is 5.75 Å². The van der Waals surface area contributed by atoms with Crippen LogP contribution in [0.15, 0.2) is 82.3 Å². The summed E-state index contributed by atoms with van der Waals surface area (Å²) in [6, 6.07) is 18.3. The van der Waals surface area contributed by atoms with Gasteiger partial charge in [0, 0.05) is 13.1 Å². The average molecular weight is 457 g/mol. The first kappa shape index (κ1) is 23.1. The summed E-state index contributed by atoms with van der Waals surface area (Å²) in [6.45, 7) is -0.0576. The van der Waals surface area contributed by atoms with E-state index >= 15 is 0 Å². The second kappa shape index (κ2) is 10.6. The van der Waals surface area contributed by atoms with Crippen molar-refractivity contribution in [1.82, 2.24) is 10.6 Å². The van der Waals surface area contributed by atoms with E-state index in [1.54, 1.807) is 31.4 Å². The number of methoxy groups -OCH3 is 1. The summed E-state index contributed by atoms with van der Waals surface area (Å²) in [4.78, 5) is 24.5. The molecular weight excluding hydrogens is 432 g/mol. The highest BCUT2D eigenvalue weighted by atomic mass is 32.2. The molecule has 3 rings (SSSR count). The van der Waals surface area contributed by atoms with Crippen molar-refractivity contribution in [2.24, 2.45) is 0 Å². The van der Waals surface area contributed by atoms with Crippen molar-refractivity contribution < 1.29 is 27.2 Å². The molecule has 9 heteroatoms. The molecule has 3 aromatic rings. The van der Waals surface area contributed by atoms with Gasteiger partial charge in [-0.25, -0.2) is 8.42 Å². The predicted octanol–water partition coefficient (Wildman–Crippen LogP) is 2.28. The van der Waals surface area contributed by atoms with Crippen LogP contribution in [-0.4, -0.2) is 40.4 Å². The third-order valence-corrected chi connectivity index (χ3v) is 6.90. The molecule has 32 heavy (non-hydrogen) atoms. The molecule has 1 heterocycles. The number of carbonyl (C=O) groups excluding carboxylic acids is 2. The van der Waals surface area contributed by atoms with Crippen molar-refractivity contribution >= 4 is 21.7 Å². The van der Waals surface area contributed by atoms with Crippen molar-refractivity contribution in [1.29, 1.82) is 0 Å². The molecule has 0 aliphatic heterocycles. The molecule has 2 amide bonds. The number of carbonyl (C=O) groups is 2. The van der Waals surface area contributed by atoms with Crippen LogP contribution in [0.2, 0.25) is 0 Å². The maximum absolute atomic E-state index is 13.1. The smallest absolute Gasteiger partial charge is 0.309 e. The van der Waals surface area contributed by atoms with Crippen molar-refractivity contribution in [3.8, 4) is 5.75 Å². The summed E-state index contributed by atoms with van der Waals surface area (Å²) in [6.07, 6.45) is 1.89. The second-order valence-electron chi connectivity index (χ2n) is 6.93. The van der Waals surface area contributed by atoms with Crippen LogP contribution in [0.3, 0.4) is 0 Å². The van der Waals surface area contributed by atoms with Crippen molar-refractivity contribution in [3.63, 3.8) is 0 Å². The Morgan fingerprint density at radius 2 is 1.62 bits per heavy atom. The zero-order chi connectivity index (χ0) is 23.0. The van der Waals surface area contributed by atoms with Crippen LogP contribution < -0.4 is 15.4 Å². The summed E-state index contributed by atoms with van der Waals surface area (Å²) in [5, 5.41) is 3.77. The number of hydrogen-bond acceptors (Lipinski definition) is 6. The van der Waals surface area contributed by atoms with Crippen molar-refractivity contribution in [2.75, 3.05) is 20.2 Å². The van der Waals surface area contributed by atoms with E-state index in [-0.39, 0.29) is 23.7 Å². The Kier molecular flexibility index (Phi) is 7.67.